The van der Waals surface area contributed by atoms with E-state index in [1.54, 1.807) is 7.05 Å². The topological polar surface area (TPSA) is 78.9 Å². The van der Waals surface area contributed by atoms with E-state index in [0.717, 1.165) is 24.5 Å². The van der Waals surface area contributed by atoms with Gasteiger partial charge in [0.2, 0.25) is 0 Å². The van der Waals surface area contributed by atoms with Gasteiger partial charge in [-0.25, -0.2) is 23.1 Å². The second-order valence-corrected chi connectivity index (χ2v) is 6.86. The maximum Gasteiger partial charge on any atom is 0.251 e. The fraction of sp³-hybridized carbons (Fsp3) is 0.421. The van der Waals surface area contributed by atoms with Gasteiger partial charge < -0.3 is 16.0 Å². The highest BCUT2D eigenvalue weighted by molar-refractivity contribution is 5.94. The Morgan fingerprint density at radius 2 is 1.54 bits per heavy atom. The molecule has 1 aliphatic carbocycles. The fourth-order valence-electron chi connectivity index (χ4n) is 3.32. The standard InChI is InChI=1S/C19H22F3N5O/c1-10-24-16(23-2)9-17(25-10)26-12-3-5-13(6-4-12)27-19(28)11-7-14(20)18(22)15(21)8-11/h7-9,12-13H,3-6H2,1-2H3,(H,27,28)(H2,23,24,25,26). The molecule has 1 fully saturated rings. The SMILES string of the molecule is CNc1cc(NC2CCC(NC(=O)c3cc(F)c(F)c(F)c3)CC2)nc(C)n1. The van der Waals surface area contributed by atoms with Crippen molar-refractivity contribution >= 4 is 17.5 Å². The molecule has 9 heteroatoms. The molecular weight excluding hydrogens is 371 g/mol. The second-order valence-electron chi connectivity index (χ2n) is 6.86. The molecule has 3 N–H and O–H groups in total. The van der Waals surface area contributed by atoms with E-state index in [4.69, 9.17) is 0 Å². The molecule has 1 aliphatic rings. The number of halogens is 3. The van der Waals surface area contributed by atoms with Crippen LogP contribution in [0.1, 0.15) is 41.9 Å². The van der Waals surface area contributed by atoms with Crippen molar-refractivity contribution in [2.45, 2.75) is 44.7 Å². The van der Waals surface area contributed by atoms with Crippen molar-refractivity contribution in [1.29, 1.82) is 0 Å². The van der Waals surface area contributed by atoms with Gasteiger partial charge in [-0.1, -0.05) is 0 Å². The highest BCUT2D eigenvalue weighted by Crippen LogP contribution is 2.23. The zero-order chi connectivity index (χ0) is 20.3. The second kappa shape index (κ2) is 8.45. The van der Waals surface area contributed by atoms with Crippen molar-refractivity contribution in [3.05, 3.63) is 47.0 Å². The number of aromatic nitrogens is 2. The molecule has 6 nitrogen and oxygen atoms in total. The van der Waals surface area contributed by atoms with Crippen molar-refractivity contribution in [2.24, 2.45) is 0 Å². The maximum atomic E-state index is 13.3. The summed E-state index contributed by atoms with van der Waals surface area (Å²) in [7, 11) is 1.79. The van der Waals surface area contributed by atoms with Gasteiger partial charge in [0.1, 0.15) is 17.5 Å². The number of hydrogen-bond donors (Lipinski definition) is 3. The van der Waals surface area contributed by atoms with Crippen molar-refractivity contribution in [2.75, 3.05) is 17.7 Å². The first-order valence-electron chi connectivity index (χ1n) is 9.11. The monoisotopic (exact) mass is 393 g/mol. The van der Waals surface area contributed by atoms with Gasteiger partial charge in [0.15, 0.2) is 17.5 Å². The van der Waals surface area contributed by atoms with Crippen molar-refractivity contribution in [3.8, 4) is 0 Å². The molecular formula is C19H22F3N5O. The number of anilines is 2. The number of benzene rings is 1. The lowest BCUT2D eigenvalue weighted by Crippen LogP contribution is -2.40. The Hall–Kier alpha value is -2.84. The molecule has 0 saturated heterocycles. The van der Waals surface area contributed by atoms with Gasteiger partial charge in [-0.3, -0.25) is 4.79 Å². The number of rotatable bonds is 5. The van der Waals surface area contributed by atoms with Gasteiger partial charge in [-0.05, 0) is 44.7 Å². The minimum Gasteiger partial charge on any atom is -0.373 e. The van der Waals surface area contributed by atoms with E-state index in [9.17, 15) is 18.0 Å². The third kappa shape index (κ3) is 4.71. The molecule has 2 aromatic rings. The molecule has 0 unspecified atom stereocenters. The molecule has 1 heterocycles. The summed E-state index contributed by atoms with van der Waals surface area (Å²) in [6, 6.07) is 3.34. The first kappa shape index (κ1) is 19.9. The summed E-state index contributed by atoms with van der Waals surface area (Å²) in [5.41, 5.74) is -0.229. The molecule has 3 rings (SSSR count). The first-order chi connectivity index (χ1) is 13.4. The quantitative estimate of drug-likeness (QED) is 0.679. The van der Waals surface area contributed by atoms with Crippen LogP contribution < -0.4 is 16.0 Å². The summed E-state index contributed by atoms with van der Waals surface area (Å²) >= 11 is 0. The molecule has 0 aliphatic heterocycles. The smallest absolute Gasteiger partial charge is 0.251 e. The number of carbonyl (C=O) groups excluding carboxylic acids is 1. The van der Waals surface area contributed by atoms with Gasteiger partial charge >= 0.3 is 0 Å². The molecule has 1 aromatic heterocycles. The summed E-state index contributed by atoms with van der Waals surface area (Å²) in [6.45, 7) is 1.82. The lowest BCUT2D eigenvalue weighted by Gasteiger charge is -2.30. The Balaban J connectivity index is 1.54. The summed E-state index contributed by atoms with van der Waals surface area (Å²) in [4.78, 5) is 20.8. The Morgan fingerprint density at radius 1 is 0.964 bits per heavy atom. The molecule has 1 aromatic carbocycles. The van der Waals surface area contributed by atoms with Crippen LogP contribution in [0.4, 0.5) is 24.8 Å². The predicted molar refractivity (Wildman–Crippen MR) is 99.8 cm³/mol. The van der Waals surface area contributed by atoms with Crippen LogP contribution in [0.5, 0.6) is 0 Å². The van der Waals surface area contributed by atoms with E-state index >= 15 is 0 Å². The summed E-state index contributed by atoms with van der Waals surface area (Å²) in [5.74, 6) is -2.81. The number of amides is 1. The number of aryl methyl sites for hydroxylation is 1. The Morgan fingerprint density at radius 3 is 2.14 bits per heavy atom. The van der Waals surface area contributed by atoms with Crippen molar-refractivity contribution in [3.63, 3.8) is 0 Å². The van der Waals surface area contributed by atoms with Gasteiger partial charge in [0, 0.05) is 30.8 Å². The highest BCUT2D eigenvalue weighted by atomic mass is 19.2. The Bertz CT molecular complexity index is 846. The van der Waals surface area contributed by atoms with Gasteiger partial charge in [-0.15, -0.1) is 0 Å². The number of carbonyl (C=O) groups is 1. The lowest BCUT2D eigenvalue weighted by molar-refractivity contribution is 0.0925. The Kier molecular flexibility index (Phi) is 6.01. The van der Waals surface area contributed by atoms with E-state index in [-0.39, 0.29) is 17.6 Å². The molecule has 28 heavy (non-hydrogen) atoms. The number of nitrogens with zero attached hydrogens (tertiary/aromatic N) is 2. The molecule has 0 bridgehead atoms. The summed E-state index contributed by atoms with van der Waals surface area (Å²) < 4.78 is 39.6. The van der Waals surface area contributed by atoms with E-state index in [0.29, 0.717) is 30.8 Å². The molecule has 1 saturated carbocycles. The molecule has 1 amide bonds. The molecule has 0 radical (unpaired) electrons. The summed E-state index contributed by atoms with van der Waals surface area (Å²) in [5, 5.41) is 9.13. The van der Waals surface area contributed by atoms with Crippen LogP contribution in [0, 0.1) is 24.4 Å². The average Bonchev–Trinajstić information content (AvgIpc) is 2.66. The fourth-order valence-corrected chi connectivity index (χ4v) is 3.32. The first-order valence-corrected chi connectivity index (χ1v) is 9.11. The van der Waals surface area contributed by atoms with Gasteiger partial charge in [0.05, 0.1) is 0 Å². The average molecular weight is 393 g/mol. The number of nitrogens with one attached hydrogen (secondary N) is 3. The normalized spacial score (nSPS) is 19.2. The number of hydrogen-bond acceptors (Lipinski definition) is 5. The Labute approximate surface area is 161 Å². The zero-order valence-corrected chi connectivity index (χ0v) is 15.7. The third-order valence-electron chi connectivity index (χ3n) is 4.75. The minimum atomic E-state index is -1.58. The van der Waals surface area contributed by atoms with Crippen molar-refractivity contribution < 1.29 is 18.0 Å². The van der Waals surface area contributed by atoms with E-state index in [1.165, 1.54) is 0 Å². The van der Waals surface area contributed by atoms with Crippen LogP contribution in [0.15, 0.2) is 18.2 Å². The van der Waals surface area contributed by atoms with Gasteiger partial charge in [-0.2, -0.15) is 0 Å². The molecule has 0 spiro atoms. The zero-order valence-electron chi connectivity index (χ0n) is 15.7. The predicted octanol–water partition coefficient (Wildman–Crippen LogP) is 3.40. The van der Waals surface area contributed by atoms with Crippen LogP contribution in [0.2, 0.25) is 0 Å². The largest absolute Gasteiger partial charge is 0.373 e. The van der Waals surface area contributed by atoms with E-state index in [1.807, 2.05) is 13.0 Å². The van der Waals surface area contributed by atoms with Crippen LogP contribution in [-0.2, 0) is 0 Å². The highest BCUT2D eigenvalue weighted by Gasteiger charge is 2.24. The maximum absolute atomic E-state index is 13.3. The van der Waals surface area contributed by atoms with Crippen LogP contribution in [0.25, 0.3) is 0 Å². The third-order valence-corrected chi connectivity index (χ3v) is 4.75. The van der Waals surface area contributed by atoms with Crippen LogP contribution in [-0.4, -0.2) is 35.0 Å². The minimum absolute atomic E-state index is 0.110. The molecule has 150 valence electrons. The molecule has 0 atom stereocenters. The van der Waals surface area contributed by atoms with Crippen LogP contribution >= 0.6 is 0 Å². The van der Waals surface area contributed by atoms with Crippen LogP contribution in [0.3, 0.4) is 0 Å². The lowest BCUT2D eigenvalue weighted by atomic mass is 9.91. The van der Waals surface area contributed by atoms with E-state index < -0.39 is 23.4 Å². The summed E-state index contributed by atoms with van der Waals surface area (Å²) in [6.07, 6.45) is 3.01. The van der Waals surface area contributed by atoms with Gasteiger partial charge in [0.25, 0.3) is 5.91 Å². The van der Waals surface area contributed by atoms with E-state index in [2.05, 4.69) is 25.9 Å². The van der Waals surface area contributed by atoms with Crippen molar-refractivity contribution in [1.82, 2.24) is 15.3 Å².